The number of nitrogens with zero attached hydrogens (tertiary/aromatic N) is 1. The molecule has 0 saturated heterocycles. The molecule has 1 aromatic heterocycles. The van der Waals surface area contributed by atoms with Crippen LogP contribution in [-0.2, 0) is 17.8 Å². The van der Waals surface area contributed by atoms with Crippen LogP contribution in [-0.4, -0.2) is 24.0 Å². The first-order valence-electron chi connectivity index (χ1n) is 8.69. The standard InChI is InChI=1S/C20H19FN4O3S/c1-28-17-4-2-3-13(9-17)11-22-18(26)10-16-12-29-20(24-16)25-19(27)23-15-7-5-14(21)6-8-15/h2-9,12H,10-11H2,1H3,(H,22,26)(H2,23,24,25,27). The average Bonchev–Trinajstić information content (AvgIpc) is 3.14. The van der Waals surface area contributed by atoms with Gasteiger partial charge < -0.3 is 15.4 Å². The Balaban J connectivity index is 1.47. The molecule has 3 N–H and O–H groups in total. The molecule has 150 valence electrons. The molecule has 1 heterocycles. The van der Waals surface area contributed by atoms with E-state index in [1.807, 2.05) is 24.3 Å². The topological polar surface area (TPSA) is 92.4 Å². The number of rotatable bonds is 7. The lowest BCUT2D eigenvalue weighted by Crippen LogP contribution is -2.24. The molecule has 0 aliphatic heterocycles. The largest absolute Gasteiger partial charge is 0.497 e. The van der Waals surface area contributed by atoms with Gasteiger partial charge in [0.15, 0.2) is 5.13 Å². The Hall–Kier alpha value is -3.46. The van der Waals surface area contributed by atoms with Gasteiger partial charge in [-0.15, -0.1) is 11.3 Å². The maximum atomic E-state index is 12.9. The molecular weight excluding hydrogens is 395 g/mol. The van der Waals surface area contributed by atoms with Gasteiger partial charge in [-0.05, 0) is 42.0 Å². The fourth-order valence-electron chi connectivity index (χ4n) is 2.45. The van der Waals surface area contributed by atoms with E-state index in [2.05, 4.69) is 20.9 Å². The molecule has 7 nitrogen and oxygen atoms in total. The van der Waals surface area contributed by atoms with Crippen molar-refractivity contribution < 1.29 is 18.7 Å². The minimum Gasteiger partial charge on any atom is -0.497 e. The summed E-state index contributed by atoms with van der Waals surface area (Å²) < 4.78 is 18.0. The van der Waals surface area contributed by atoms with Crippen LogP contribution in [0.15, 0.2) is 53.9 Å². The molecule has 3 aromatic rings. The van der Waals surface area contributed by atoms with Crippen molar-refractivity contribution in [3.8, 4) is 5.75 Å². The van der Waals surface area contributed by atoms with Crippen molar-refractivity contribution in [1.82, 2.24) is 10.3 Å². The zero-order valence-electron chi connectivity index (χ0n) is 15.6. The van der Waals surface area contributed by atoms with Gasteiger partial charge in [-0.3, -0.25) is 10.1 Å². The Morgan fingerprint density at radius 1 is 1.14 bits per heavy atom. The molecule has 0 radical (unpaired) electrons. The summed E-state index contributed by atoms with van der Waals surface area (Å²) in [5.74, 6) is 0.163. The number of nitrogens with one attached hydrogen (secondary N) is 3. The smallest absolute Gasteiger partial charge is 0.325 e. The number of amides is 3. The molecule has 3 rings (SSSR count). The summed E-state index contributed by atoms with van der Waals surface area (Å²) in [6.07, 6.45) is 0.0989. The number of aromatic nitrogens is 1. The van der Waals surface area contributed by atoms with E-state index in [0.717, 1.165) is 11.3 Å². The predicted molar refractivity (Wildman–Crippen MR) is 110 cm³/mol. The van der Waals surface area contributed by atoms with Crippen LogP contribution >= 0.6 is 11.3 Å². The summed E-state index contributed by atoms with van der Waals surface area (Å²) in [6, 6.07) is 12.3. The first kappa shape index (κ1) is 20.3. The Labute approximate surface area is 170 Å². The normalized spacial score (nSPS) is 10.3. The average molecular weight is 414 g/mol. The summed E-state index contributed by atoms with van der Waals surface area (Å²) in [6.45, 7) is 0.380. The zero-order chi connectivity index (χ0) is 20.6. The van der Waals surface area contributed by atoms with E-state index in [0.29, 0.717) is 23.1 Å². The van der Waals surface area contributed by atoms with E-state index < -0.39 is 6.03 Å². The van der Waals surface area contributed by atoms with Crippen LogP contribution in [0.3, 0.4) is 0 Å². The maximum absolute atomic E-state index is 12.9. The van der Waals surface area contributed by atoms with Gasteiger partial charge in [-0.1, -0.05) is 12.1 Å². The molecule has 0 aliphatic carbocycles. The molecule has 3 amide bonds. The highest BCUT2D eigenvalue weighted by Gasteiger charge is 2.10. The second-order valence-electron chi connectivity index (χ2n) is 6.04. The van der Waals surface area contributed by atoms with Crippen LogP contribution in [0, 0.1) is 5.82 Å². The molecule has 0 atom stereocenters. The van der Waals surface area contributed by atoms with Gasteiger partial charge in [-0.2, -0.15) is 0 Å². The molecule has 0 aliphatic rings. The van der Waals surface area contributed by atoms with Gasteiger partial charge >= 0.3 is 6.03 Å². The maximum Gasteiger partial charge on any atom is 0.325 e. The number of carbonyl (C=O) groups is 2. The quantitative estimate of drug-likeness (QED) is 0.548. The number of hydrogen-bond acceptors (Lipinski definition) is 5. The van der Waals surface area contributed by atoms with Gasteiger partial charge in [-0.25, -0.2) is 14.2 Å². The van der Waals surface area contributed by atoms with Crippen LogP contribution in [0.2, 0.25) is 0 Å². The highest BCUT2D eigenvalue weighted by molar-refractivity contribution is 7.14. The molecule has 9 heteroatoms. The number of halogens is 1. The molecular formula is C20H19FN4O3S. The monoisotopic (exact) mass is 414 g/mol. The summed E-state index contributed by atoms with van der Waals surface area (Å²) in [5, 5.41) is 10.1. The Morgan fingerprint density at radius 2 is 1.93 bits per heavy atom. The van der Waals surface area contributed by atoms with Crippen molar-refractivity contribution in [2.24, 2.45) is 0 Å². The van der Waals surface area contributed by atoms with Crippen LogP contribution in [0.5, 0.6) is 5.75 Å². The highest BCUT2D eigenvalue weighted by Crippen LogP contribution is 2.17. The fourth-order valence-corrected chi connectivity index (χ4v) is 3.15. The number of ether oxygens (including phenoxy) is 1. The molecule has 0 fully saturated rings. The third kappa shape index (κ3) is 6.28. The molecule has 0 unspecified atom stereocenters. The molecule has 0 bridgehead atoms. The van der Waals surface area contributed by atoms with Crippen LogP contribution in [0.1, 0.15) is 11.3 Å². The molecule has 29 heavy (non-hydrogen) atoms. The number of anilines is 2. The van der Waals surface area contributed by atoms with E-state index in [4.69, 9.17) is 4.74 Å². The van der Waals surface area contributed by atoms with Crippen molar-refractivity contribution in [3.63, 3.8) is 0 Å². The van der Waals surface area contributed by atoms with E-state index >= 15 is 0 Å². The number of carbonyl (C=O) groups excluding carboxylic acids is 2. The van der Waals surface area contributed by atoms with E-state index in [1.165, 1.54) is 35.6 Å². The van der Waals surface area contributed by atoms with Crippen molar-refractivity contribution in [2.45, 2.75) is 13.0 Å². The van der Waals surface area contributed by atoms with Crippen molar-refractivity contribution in [3.05, 3.63) is 71.0 Å². The SMILES string of the molecule is COc1cccc(CNC(=O)Cc2csc(NC(=O)Nc3ccc(F)cc3)n2)c1. The van der Waals surface area contributed by atoms with E-state index in [1.54, 1.807) is 12.5 Å². The van der Waals surface area contributed by atoms with Crippen molar-refractivity contribution in [1.29, 1.82) is 0 Å². The van der Waals surface area contributed by atoms with Gasteiger partial charge in [0.25, 0.3) is 0 Å². The molecule has 0 spiro atoms. The number of methoxy groups -OCH3 is 1. The Kier molecular flexibility index (Phi) is 6.75. The van der Waals surface area contributed by atoms with Crippen molar-refractivity contribution >= 4 is 34.1 Å². The molecule has 2 aromatic carbocycles. The van der Waals surface area contributed by atoms with E-state index in [9.17, 15) is 14.0 Å². The minimum atomic E-state index is -0.500. The van der Waals surface area contributed by atoms with Crippen molar-refractivity contribution in [2.75, 3.05) is 17.7 Å². The van der Waals surface area contributed by atoms with Crippen LogP contribution in [0.4, 0.5) is 20.0 Å². The number of thiazole rings is 1. The fraction of sp³-hybridized carbons (Fsp3) is 0.150. The number of hydrogen-bond donors (Lipinski definition) is 3. The second-order valence-corrected chi connectivity index (χ2v) is 6.89. The summed E-state index contributed by atoms with van der Waals surface area (Å²) >= 11 is 1.21. The second kappa shape index (κ2) is 9.65. The van der Waals surface area contributed by atoms with Crippen LogP contribution < -0.4 is 20.7 Å². The Bertz CT molecular complexity index is 991. The third-order valence-corrected chi connectivity index (χ3v) is 4.65. The predicted octanol–water partition coefficient (Wildman–Crippen LogP) is 3.79. The summed E-state index contributed by atoms with van der Waals surface area (Å²) in [5.41, 5.74) is 1.93. The lowest BCUT2D eigenvalue weighted by atomic mass is 10.2. The van der Waals surface area contributed by atoms with Crippen LogP contribution in [0.25, 0.3) is 0 Å². The van der Waals surface area contributed by atoms with E-state index in [-0.39, 0.29) is 18.1 Å². The van der Waals surface area contributed by atoms with Gasteiger partial charge in [0.2, 0.25) is 5.91 Å². The van der Waals surface area contributed by atoms with Gasteiger partial charge in [0.05, 0.1) is 19.2 Å². The highest BCUT2D eigenvalue weighted by atomic mass is 32.1. The van der Waals surface area contributed by atoms with Gasteiger partial charge in [0, 0.05) is 17.6 Å². The first-order chi connectivity index (χ1) is 14.0. The summed E-state index contributed by atoms with van der Waals surface area (Å²) in [4.78, 5) is 28.3. The first-order valence-corrected chi connectivity index (χ1v) is 9.57. The minimum absolute atomic E-state index is 0.0989. The lowest BCUT2D eigenvalue weighted by molar-refractivity contribution is -0.120. The third-order valence-electron chi connectivity index (χ3n) is 3.84. The Morgan fingerprint density at radius 3 is 2.69 bits per heavy atom. The molecule has 0 saturated carbocycles. The zero-order valence-corrected chi connectivity index (χ0v) is 16.4. The summed E-state index contributed by atoms with van der Waals surface area (Å²) in [7, 11) is 1.59. The number of urea groups is 1. The van der Waals surface area contributed by atoms with Gasteiger partial charge in [0.1, 0.15) is 11.6 Å². The number of benzene rings is 2. The lowest BCUT2D eigenvalue weighted by Gasteiger charge is -2.06.